The highest BCUT2D eigenvalue weighted by atomic mass is 35.5. The van der Waals surface area contributed by atoms with E-state index >= 15 is 0 Å². The Morgan fingerprint density at radius 2 is 1.95 bits per heavy atom. The molecule has 0 aliphatic rings. The SMILES string of the molecule is CCCn1cc(S(=O)(=O)NCC(CC)(CC)CCl)nc1C. The number of nitrogens with one attached hydrogen (secondary N) is 1. The second kappa shape index (κ2) is 7.61. The standard InChI is InChI=1S/C14H26ClN3O2S/c1-5-8-18-9-13(17-12(18)4)21(19,20)16-11-14(6-2,7-3)10-15/h9,16H,5-8,10-11H2,1-4H3. The van der Waals surface area contributed by atoms with Crippen LogP contribution in [0.5, 0.6) is 0 Å². The van der Waals surface area contributed by atoms with E-state index in [4.69, 9.17) is 11.6 Å². The van der Waals surface area contributed by atoms with Crippen molar-refractivity contribution in [3.63, 3.8) is 0 Å². The van der Waals surface area contributed by atoms with Gasteiger partial charge in [-0.3, -0.25) is 0 Å². The molecule has 21 heavy (non-hydrogen) atoms. The van der Waals surface area contributed by atoms with E-state index < -0.39 is 10.0 Å². The van der Waals surface area contributed by atoms with Crippen LogP contribution in [0.4, 0.5) is 0 Å². The largest absolute Gasteiger partial charge is 0.334 e. The lowest BCUT2D eigenvalue weighted by atomic mass is 9.85. The Balaban J connectivity index is 2.89. The van der Waals surface area contributed by atoms with Gasteiger partial charge in [0.15, 0.2) is 5.03 Å². The van der Waals surface area contributed by atoms with Crippen LogP contribution in [0.25, 0.3) is 0 Å². The van der Waals surface area contributed by atoms with Crippen LogP contribution in [-0.4, -0.2) is 30.4 Å². The molecule has 0 aliphatic carbocycles. The first-order valence-electron chi connectivity index (χ1n) is 7.43. The van der Waals surface area contributed by atoms with Crippen molar-refractivity contribution >= 4 is 21.6 Å². The van der Waals surface area contributed by atoms with Gasteiger partial charge in [-0.05, 0) is 31.6 Å². The minimum Gasteiger partial charge on any atom is -0.334 e. The zero-order valence-electron chi connectivity index (χ0n) is 13.3. The van der Waals surface area contributed by atoms with Crippen LogP contribution in [0.15, 0.2) is 11.2 Å². The maximum Gasteiger partial charge on any atom is 0.259 e. The third-order valence-electron chi connectivity index (χ3n) is 4.11. The summed E-state index contributed by atoms with van der Waals surface area (Å²) in [6.45, 7) is 9.02. The second-order valence-corrected chi connectivity index (χ2v) is 7.47. The summed E-state index contributed by atoms with van der Waals surface area (Å²) in [6.07, 6.45) is 4.20. The molecule has 1 aromatic rings. The highest BCUT2D eigenvalue weighted by Crippen LogP contribution is 2.27. The van der Waals surface area contributed by atoms with Gasteiger partial charge in [-0.2, -0.15) is 0 Å². The van der Waals surface area contributed by atoms with Crippen molar-refractivity contribution < 1.29 is 8.42 Å². The van der Waals surface area contributed by atoms with Crippen molar-refractivity contribution in [2.24, 2.45) is 5.41 Å². The number of aryl methyl sites for hydroxylation is 2. The van der Waals surface area contributed by atoms with Gasteiger partial charge in [0, 0.05) is 25.2 Å². The van der Waals surface area contributed by atoms with Gasteiger partial charge in [-0.1, -0.05) is 20.8 Å². The van der Waals surface area contributed by atoms with E-state index in [1.807, 2.05) is 32.3 Å². The lowest BCUT2D eigenvalue weighted by Gasteiger charge is -2.29. The summed E-state index contributed by atoms with van der Waals surface area (Å²) in [5.41, 5.74) is -0.199. The zero-order valence-corrected chi connectivity index (χ0v) is 14.9. The molecule has 0 unspecified atom stereocenters. The number of sulfonamides is 1. The van der Waals surface area contributed by atoms with E-state index in [1.165, 1.54) is 0 Å². The normalized spacial score (nSPS) is 12.8. The molecular formula is C14H26ClN3O2S. The monoisotopic (exact) mass is 335 g/mol. The predicted octanol–water partition coefficient (Wildman–Crippen LogP) is 2.93. The molecule has 5 nitrogen and oxygen atoms in total. The molecule has 1 rings (SSSR count). The van der Waals surface area contributed by atoms with E-state index in [-0.39, 0.29) is 10.4 Å². The molecule has 0 saturated carbocycles. The minimum atomic E-state index is -3.58. The molecular weight excluding hydrogens is 310 g/mol. The fraction of sp³-hybridized carbons (Fsp3) is 0.786. The molecule has 0 bridgehead atoms. The summed E-state index contributed by atoms with van der Waals surface area (Å²) in [5.74, 6) is 1.15. The van der Waals surface area contributed by atoms with Gasteiger partial charge in [-0.15, -0.1) is 11.6 Å². The van der Waals surface area contributed by atoms with Gasteiger partial charge >= 0.3 is 0 Å². The highest BCUT2D eigenvalue weighted by molar-refractivity contribution is 7.89. The average molecular weight is 336 g/mol. The molecule has 1 N–H and O–H groups in total. The minimum absolute atomic E-state index is 0.0872. The summed E-state index contributed by atoms with van der Waals surface area (Å²) < 4.78 is 29.3. The molecule has 0 aliphatic heterocycles. The van der Waals surface area contributed by atoms with E-state index in [0.29, 0.717) is 18.2 Å². The highest BCUT2D eigenvalue weighted by Gasteiger charge is 2.28. The van der Waals surface area contributed by atoms with Crippen LogP contribution in [0.3, 0.4) is 0 Å². The first-order valence-corrected chi connectivity index (χ1v) is 9.45. The number of rotatable bonds is 9. The Bertz CT molecular complexity index is 542. The average Bonchev–Trinajstić information content (AvgIpc) is 2.84. The fourth-order valence-corrected chi connectivity index (χ4v) is 3.77. The Labute approximate surface area is 133 Å². The molecule has 122 valence electrons. The zero-order chi connectivity index (χ0) is 16.1. The van der Waals surface area contributed by atoms with Crippen molar-refractivity contribution in [3.8, 4) is 0 Å². The molecule has 0 amide bonds. The molecule has 7 heteroatoms. The molecule has 0 fully saturated rings. The van der Waals surface area contributed by atoms with Crippen LogP contribution in [0, 0.1) is 12.3 Å². The third kappa shape index (κ3) is 4.44. The number of halogens is 1. The van der Waals surface area contributed by atoms with E-state index in [9.17, 15) is 8.42 Å². The van der Waals surface area contributed by atoms with E-state index in [1.54, 1.807) is 6.20 Å². The molecule has 0 saturated heterocycles. The van der Waals surface area contributed by atoms with Crippen LogP contribution < -0.4 is 4.72 Å². The molecule has 0 atom stereocenters. The summed E-state index contributed by atoms with van der Waals surface area (Å²) in [4.78, 5) is 4.16. The van der Waals surface area contributed by atoms with Crippen LogP contribution in [0.2, 0.25) is 0 Å². The molecule has 1 heterocycles. The first kappa shape index (κ1) is 18.5. The number of nitrogens with zero attached hydrogens (tertiary/aromatic N) is 2. The Hall–Kier alpha value is -0.590. The van der Waals surface area contributed by atoms with Crippen LogP contribution in [0.1, 0.15) is 45.9 Å². The van der Waals surface area contributed by atoms with E-state index in [0.717, 1.165) is 25.8 Å². The van der Waals surface area contributed by atoms with Crippen molar-refractivity contribution in [2.45, 2.75) is 58.5 Å². The number of alkyl halides is 1. The summed E-state index contributed by atoms with van der Waals surface area (Å²) in [6, 6.07) is 0. The van der Waals surface area contributed by atoms with E-state index in [2.05, 4.69) is 9.71 Å². The van der Waals surface area contributed by atoms with Crippen LogP contribution >= 0.6 is 11.6 Å². The van der Waals surface area contributed by atoms with Crippen molar-refractivity contribution in [1.82, 2.24) is 14.3 Å². The first-order chi connectivity index (χ1) is 9.84. The van der Waals surface area contributed by atoms with Gasteiger partial charge in [0.2, 0.25) is 0 Å². The summed E-state index contributed by atoms with van der Waals surface area (Å²) >= 11 is 6.02. The van der Waals surface area contributed by atoms with Crippen LogP contribution in [-0.2, 0) is 16.6 Å². The maximum absolute atomic E-state index is 12.4. The Morgan fingerprint density at radius 1 is 1.33 bits per heavy atom. The predicted molar refractivity (Wildman–Crippen MR) is 86.2 cm³/mol. The quantitative estimate of drug-likeness (QED) is 0.706. The lowest BCUT2D eigenvalue weighted by Crippen LogP contribution is -2.38. The topological polar surface area (TPSA) is 64.0 Å². The van der Waals surface area contributed by atoms with Crippen molar-refractivity contribution in [2.75, 3.05) is 12.4 Å². The number of imidazole rings is 1. The maximum atomic E-state index is 12.4. The molecule has 0 radical (unpaired) electrons. The van der Waals surface area contributed by atoms with Gasteiger partial charge in [0.1, 0.15) is 5.82 Å². The lowest BCUT2D eigenvalue weighted by molar-refractivity contribution is 0.304. The van der Waals surface area contributed by atoms with Crippen molar-refractivity contribution in [3.05, 3.63) is 12.0 Å². The summed E-state index contributed by atoms with van der Waals surface area (Å²) in [7, 11) is -3.58. The smallest absolute Gasteiger partial charge is 0.259 e. The number of hydrogen-bond acceptors (Lipinski definition) is 3. The molecule has 1 aromatic heterocycles. The second-order valence-electron chi connectivity index (χ2n) is 5.49. The third-order valence-corrected chi connectivity index (χ3v) is 5.95. The number of hydrogen-bond donors (Lipinski definition) is 1. The fourth-order valence-electron chi connectivity index (χ4n) is 2.13. The number of aromatic nitrogens is 2. The molecule has 0 spiro atoms. The van der Waals surface area contributed by atoms with Crippen molar-refractivity contribution in [1.29, 1.82) is 0 Å². The Kier molecular flexibility index (Phi) is 6.69. The van der Waals surface area contributed by atoms with Gasteiger partial charge in [-0.25, -0.2) is 18.1 Å². The summed E-state index contributed by atoms with van der Waals surface area (Å²) in [5, 5.41) is 0.0872. The van der Waals surface area contributed by atoms with Gasteiger partial charge in [0.25, 0.3) is 10.0 Å². The van der Waals surface area contributed by atoms with Gasteiger partial charge in [0.05, 0.1) is 0 Å². The Morgan fingerprint density at radius 3 is 2.43 bits per heavy atom. The molecule has 0 aromatic carbocycles. The van der Waals surface area contributed by atoms with Gasteiger partial charge < -0.3 is 4.57 Å².